The third-order valence-corrected chi connectivity index (χ3v) is 4.43. The summed E-state index contributed by atoms with van der Waals surface area (Å²) < 4.78 is 10.5. The highest BCUT2D eigenvalue weighted by Gasteiger charge is 2.13. The van der Waals surface area contributed by atoms with Gasteiger partial charge in [-0.3, -0.25) is 10.1 Å². The molecule has 0 atom stereocenters. The van der Waals surface area contributed by atoms with E-state index in [0.29, 0.717) is 11.5 Å². The second kappa shape index (κ2) is 6.79. The topological polar surface area (TPSA) is 90.3 Å². The van der Waals surface area contributed by atoms with Gasteiger partial charge in [0.05, 0.1) is 30.2 Å². The fourth-order valence-corrected chi connectivity index (χ4v) is 3.16. The number of non-ortho nitro benzene ring substituents is 1. The van der Waals surface area contributed by atoms with Gasteiger partial charge >= 0.3 is 0 Å². The molecule has 1 heterocycles. The highest BCUT2D eigenvalue weighted by Crippen LogP contribution is 2.31. The minimum absolute atomic E-state index is 0.0424. The number of aromatic nitrogens is 2. The Labute approximate surface area is 142 Å². The van der Waals surface area contributed by atoms with Crippen LogP contribution in [0.2, 0.25) is 0 Å². The van der Waals surface area contributed by atoms with Gasteiger partial charge in [-0.15, -0.1) is 0 Å². The molecule has 0 bridgehead atoms. The zero-order valence-electron chi connectivity index (χ0n) is 13.1. The van der Waals surface area contributed by atoms with Crippen molar-refractivity contribution in [1.82, 2.24) is 9.97 Å². The molecule has 0 aliphatic rings. The molecule has 2 aromatic carbocycles. The largest absolute Gasteiger partial charge is 0.497 e. The van der Waals surface area contributed by atoms with Crippen molar-refractivity contribution in [2.45, 2.75) is 10.9 Å². The Bertz CT molecular complexity index is 894. The third kappa shape index (κ3) is 3.28. The molecule has 8 heteroatoms. The van der Waals surface area contributed by atoms with Gasteiger partial charge in [-0.25, -0.2) is 4.98 Å². The number of nitro groups is 1. The lowest BCUT2D eigenvalue weighted by Crippen LogP contribution is -1.94. The van der Waals surface area contributed by atoms with Gasteiger partial charge in [0.15, 0.2) is 5.16 Å². The number of nitro benzene ring substituents is 1. The summed E-state index contributed by atoms with van der Waals surface area (Å²) in [6.45, 7) is 0. The van der Waals surface area contributed by atoms with E-state index in [4.69, 9.17) is 9.47 Å². The lowest BCUT2D eigenvalue weighted by molar-refractivity contribution is -0.384. The summed E-state index contributed by atoms with van der Waals surface area (Å²) in [6.07, 6.45) is 0. The standard InChI is InChI=1S/C16H15N3O4S/c1-22-12-4-5-13-14(8-12)18-16(17-13)24-9-10-7-11(19(20)21)3-6-15(10)23-2/h3-8H,9H2,1-2H3,(H,17,18). The molecule has 1 aromatic heterocycles. The van der Waals surface area contributed by atoms with E-state index in [1.165, 1.54) is 23.9 Å². The lowest BCUT2D eigenvalue weighted by atomic mass is 10.2. The minimum atomic E-state index is -0.416. The van der Waals surface area contributed by atoms with E-state index in [9.17, 15) is 10.1 Å². The van der Waals surface area contributed by atoms with E-state index in [-0.39, 0.29) is 5.69 Å². The highest BCUT2D eigenvalue weighted by atomic mass is 32.2. The first-order valence-electron chi connectivity index (χ1n) is 7.08. The van der Waals surface area contributed by atoms with E-state index < -0.39 is 4.92 Å². The number of aromatic amines is 1. The third-order valence-electron chi connectivity index (χ3n) is 3.51. The number of hydrogen-bond donors (Lipinski definition) is 1. The summed E-state index contributed by atoms with van der Waals surface area (Å²) in [4.78, 5) is 18.2. The average molecular weight is 345 g/mol. The van der Waals surface area contributed by atoms with E-state index in [2.05, 4.69) is 9.97 Å². The molecule has 1 N–H and O–H groups in total. The van der Waals surface area contributed by atoms with Gasteiger partial charge in [-0.05, 0) is 18.2 Å². The van der Waals surface area contributed by atoms with Gasteiger partial charge < -0.3 is 14.5 Å². The summed E-state index contributed by atoms with van der Waals surface area (Å²) >= 11 is 1.45. The van der Waals surface area contributed by atoms with Crippen molar-refractivity contribution in [3.63, 3.8) is 0 Å². The second-order valence-corrected chi connectivity index (χ2v) is 5.93. The highest BCUT2D eigenvalue weighted by molar-refractivity contribution is 7.98. The molecule has 0 fully saturated rings. The summed E-state index contributed by atoms with van der Waals surface area (Å²) in [7, 11) is 3.16. The fourth-order valence-electron chi connectivity index (χ4n) is 2.30. The van der Waals surface area contributed by atoms with Crippen LogP contribution in [0.3, 0.4) is 0 Å². The van der Waals surface area contributed by atoms with Crippen molar-refractivity contribution in [1.29, 1.82) is 0 Å². The normalized spacial score (nSPS) is 10.8. The predicted octanol–water partition coefficient (Wildman–Crippen LogP) is 3.78. The zero-order valence-corrected chi connectivity index (χ0v) is 13.9. The summed E-state index contributed by atoms with van der Waals surface area (Å²) in [6, 6.07) is 10.2. The van der Waals surface area contributed by atoms with Crippen LogP contribution < -0.4 is 9.47 Å². The Hall–Kier alpha value is -2.74. The monoisotopic (exact) mass is 345 g/mol. The molecule has 0 unspecified atom stereocenters. The predicted molar refractivity (Wildman–Crippen MR) is 91.9 cm³/mol. The van der Waals surface area contributed by atoms with E-state index in [1.54, 1.807) is 20.3 Å². The van der Waals surface area contributed by atoms with Gasteiger partial charge in [0, 0.05) is 29.5 Å². The number of nitrogens with zero attached hydrogens (tertiary/aromatic N) is 2. The molecule has 124 valence electrons. The Balaban J connectivity index is 1.82. The van der Waals surface area contributed by atoms with Gasteiger partial charge in [0.1, 0.15) is 11.5 Å². The van der Waals surface area contributed by atoms with Crippen molar-refractivity contribution >= 4 is 28.5 Å². The van der Waals surface area contributed by atoms with Crippen LogP contribution in [0.5, 0.6) is 11.5 Å². The van der Waals surface area contributed by atoms with Crippen LogP contribution >= 0.6 is 11.8 Å². The van der Waals surface area contributed by atoms with Gasteiger partial charge in [-0.1, -0.05) is 11.8 Å². The number of H-pyrrole nitrogens is 1. The van der Waals surface area contributed by atoms with Crippen LogP contribution in [0.1, 0.15) is 5.56 Å². The molecule has 3 aromatic rings. The van der Waals surface area contributed by atoms with Gasteiger partial charge in [0.25, 0.3) is 5.69 Å². The maximum atomic E-state index is 10.9. The molecule has 0 amide bonds. The molecular weight excluding hydrogens is 330 g/mol. The first-order valence-corrected chi connectivity index (χ1v) is 8.07. The Kier molecular flexibility index (Phi) is 4.57. The van der Waals surface area contributed by atoms with Crippen molar-refractivity contribution in [3.8, 4) is 11.5 Å². The van der Waals surface area contributed by atoms with E-state index in [0.717, 1.165) is 27.5 Å². The second-order valence-electron chi connectivity index (χ2n) is 4.97. The molecule has 0 saturated heterocycles. The average Bonchev–Trinajstić information content (AvgIpc) is 3.01. The summed E-state index contributed by atoms with van der Waals surface area (Å²) in [5.41, 5.74) is 2.50. The number of benzene rings is 2. The van der Waals surface area contributed by atoms with Crippen LogP contribution in [0.15, 0.2) is 41.6 Å². The Morgan fingerprint density at radius 1 is 1.21 bits per heavy atom. The van der Waals surface area contributed by atoms with E-state index >= 15 is 0 Å². The first-order chi connectivity index (χ1) is 11.6. The maximum Gasteiger partial charge on any atom is 0.270 e. The summed E-state index contributed by atoms with van der Waals surface area (Å²) in [5.74, 6) is 1.87. The number of ether oxygens (including phenoxy) is 2. The molecule has 0 aliphatic carbocycles. The minimum Gasteiger partial charge on any atom is -0.497 e. The molecule has 0 saturated carbocycles. The van der Waals surface area contributed by atoms with Crippen LogP contribution in [0, 0.1) is 10.1 Å². The first kappa shape index (κ1) is 16.1. The Morgan fingerprint density at radius 3 is 2.75 bits per heavy atom. The van der Waals surface area contributed by atoms with Gasteiger partial charge in [0.2, 0.25) is 0 Å². The number of nitrogens with one attached hydrogen (secondary N) is 1. The number of thioether (sulfide) groups is 1. The number of methoxy groups -OCH3 is 2. The number of fused-ring (bicyclic) bond motifs is 1. The molecule has 7 nitrogen and oxygen atoms in total. The van der Waals surface area contributed by atoms with Crippen LogP contribution in [0.4, 0.5) is 5.69 Å². The molecule has 0 spiro atoms. The molecule has 24 heavy (non-hydrogen) atoms. The lowest BCUT2D eigenvalue weighted by Gasteiger charge is -2.07. The fraction of sp³-hybridized carbons (Fsp3) is 0.188. The van der Waals surface area contributed by atoms with Crippen molar-refractivity contribution in [2.75, 3.05) is 14.2 Å². The molecule has 0 radical (unpaired) electrons. The quantitative estimate of drug-likeness (QED) is 0.415. The molecule has 0 aliphatic heterocycles. The number of hydrogen-bond acceptors (Lipinski definition) is 6. The zero-order chi connectivity index (χ0) is 17.1. The van der Waals surface area contributed by atoms with Crippen molar-refractivity contribution in [3.05, 3.63) is 52.1 Å². The Morgan fingerprint density at radius 2 is 2.04 bits per heavy atom. The van der Waals surface area contributed by atoms with Crippen LogP contribution in [-0.2, 0) is 5.75 Å². The smallest absolute Gasteiger partial charge is 0.270 e. The summed E-state index contributed by atoms with van der Waals surface area (Å²) in [5, 5.41) is 11.7. The van der Waals surface area contributed by atoms with Gasteiger partial charge in [-0.2, -0.15) is 0 Å². The SMILES string of the molecule is COc1ccc2nc(SCc3cc([N+](=O)[O-])ccc3OC)[nH]c2c1. The molecular formula is C16H15N3O4S. The van der Waals surface area contributed by atoms with Crippen LogP contribution in [-0.4, -0.2) is 29.1 Å². The maximum absolute atomic E-state index is 10.9. The van der Waals surface area contributed by atoms with Crippen LogP contribution in [0.25, 0.3) is 11.0 Å². The molecule has 3 rings (SSSR count). The number of rotatable bonds is 6. The van der Waals surface area contributed by atoms with E-state index in [1.807, 2.05) is 18.2 Å². The van der Waals surface area contributed by atoms with Crippen molar-refractivity contribution in [2.24, 2.45) is 0 Å². The number of imidazole rings is 1. The van der Waals surface area contributed by atoms with Crippen molar-refractivity contribution < 1.29 is 14.4 Å².